The van der Waals surface area contributed by atoms with E-state index in [0.717, 1.165) is 18.8 Å². The lowest BCUT2D eigenvalue weighted by Crippen LogP contribution is -2.30. The highest BCUT2D eigenvalue weighted by Gasteiger charge is 2.13. The minimum atomic E-state index is -0.282. The zero-order valence-corrected chi connectivity index (χ0v) is 13.4. The molecular formula is C17H25N3O2. The first-order valence-corrected chi connectivity index (χ1v) is 7.96. The molecule has 22 heavy (non-hydrogen) atoms. The Labute approximate surface area is 132 Å². The van der Waals surface area contributed by atoms with Gasteiger partial charge in [0, 0.05) is 31.0 Å². The van der Waals surface area contributed by atoms with Crippen LogP contribution in [0.3, 0.4) is 0 Å². The highest BCUT2D eigenvalue weighted by molar-refractivity contribution is 6.03. The SMILES string of the molecule is CC(C)CNC(=O)CC(=O)Nc1ccc(N2CCCC2)cc1. The van der Waals surface area contributed by atoms with Gasteiger partial charge in [-0.25, -0.2) is 0 Å². The first-order chi connectivity index (χ1) is 10.5. The second-order valence-electron chi connectivity index (χ2n) is 6.16. The molecule has 0 atom stereocenters. The zero-order valence-electron chi connectivity index (χ0n) is 13.4. The molecule has 1 aromatic rings. The molecule has 0 aliphatic carbocycles. The van der Waals surface area contributed by atoms with Gasteiger partial charge in [0.1, 0.15) is 6.42 Å². The Morgan fingerprint density at radius 2 is 1.73 bits per heavy atom. The van der Waals surface area contributed by atoms with Crippen LogP contribution in [-0.4, -0.2) is 31.4 Å². The fourth-order valence-electron chi connectivity index (χ4n) is 2.46. The fraction of sp³-hybridized carbons (Fsp3) is 0.529. The molecule has 0 bridgehead atoms. The Hall–Kier alpha value is -2.04. The van der Waals surface area contributed by atoms with Crippen LogP contribution in [0.5, 0.6) is 0 Å². The standard InChI is InChI=1S/C17H25N3O2/c1-13(2)12-18-16(21)11-17(22)19-14-5-7-15(8-6-14)20-9-3-4-10-20/h5-8,13H,3-4,9-12H2,1-2H3,(H,18,21)(H,19,22). The van der Waals surface area contributed by atoms with Gasteiger partial charge < -0.3 is 15.5 Å². The third-order valence-corrected chi connectivity index (χ3v) is 3.65. The van der Waals surface area contributed by atoms with Crippen molar-refractivity contribution in [3.05, 3.63) is 24.3 Å². The van der Waals surface area contributed by atoms with Gasteiger partial charge in [0.25, 0.3) is 0 Å². The van der Waals surface area contributed by atoms with Crippen molar-refractivity contribution < 1.29 is 9.59 Å². The van der Waals surface area contributed by atoms with Crippen molar-refractivity contribution in [2.45, 2.75) is 33.1 Å². The first kappa shape index (κ1) is 16.3. The average molecular weight is 303 g/mol. The van der Waals surface area contributed by atoms with E-state index >= 15 is 0 Å². The van der Waals surface area contributed by atoms with Gasteiger partial charge in [-0.05, 0) is 43.0 Å². The summed E-state index contributed by atoms with van der Waals surface area (Å²) in [6.07, 6.45) is 2.34. The predicted molar refractivity (Wildman–Crippen MR) is 89.0 cm³/mol. The summed E-state index contributed by atoms with van der Waals surface area (Å²) in [6, 6.07) is 7.80. The lowest BCUT2D eigenvalue weighted by Gasteiger charge is -2.17. The van der Waals surface area contributed by atoms with E-state index in [4.69, 9.17) is 0 Å². The Morgan fingerprint density at radius 1 is 1.09 bits per heavy atom. The molecule has 5 heteroatoms. The Bertz CT molecular complexity index is 505. The smallest absolute Gasteiger partial charge is 0.233 e. The molecule has 1 aliphatic heterocycles. The molecule has 0 radical (unpaired) electrons. The fourth-order valence-corrected chi connectivity index (χ4v) is 2.46. The molecular weight excluding hydrogens is 278 g/mol. The van der Waals surface area contributed by atoms with E-state index in [1.54, 1.807) is 0 Å². The zero-order chi connectivity index (χ0) is 15.9. The van der Waals surface area contributed by atoms with Crippen LogP contribution in [0.25, 0.3) is 0 Å². The molecule has 0 saturated carbocycles. The van der Waals surface area contributed by atoms with Crippen LogP contribution in [0.1, 0.15) is 33.1 Å². The summed E-state index contributed by atoms with van der Waals surface area (Å²) in [5.74, 6) is -0.139. The van der Waals surface area contributed by atoms with E-state index in [1.165, 1.54) is 18.5 Å². The Kier molecular flexibility index (Phi) is 5.81. The number of nitrogens with one attached hydrogen (secondary N) is 2. The predicted octanol–water partition coefficient (Wildman–Crippen LogP) is 2.39. The van der Waals surface area contributed by atoms with Gasteiger partial charge in [-0.1, -0.05) is 13.8 Å². The highest BCUT2D eigenvalue weighted by Crippen LogP contribution is 2.22. The van der Waals surface area contributed by atoms with Crippen molar-refractivity contribution in [1.82, 2.24) is 5.32 Å². The third-order valence-electron chi connectivity index (χ3n) is 3.65. The lowest BCUT2D eigenvalue weighted by atomic mass is 10.2. The normalized spacial score (nSPS) is 14.2. The van der Waals surface area contributed by atoms with Crippen molar-refractivity contribution in [1.29, 1.82) is 0 Å². The molecule has 1 aromatic carbocycles. The van der Waals surface area contributed by atoms with E-state index in [0.29, 0.717) is 12.5 Å². The number of hydrogen-bond donors (Lipinski definition) is 2. The van der Waals surface area contributed by atoms with Gasteiger partial charge in [-0.15, -0.1) is 0 Å². The van der Waals surface area contributed by atoms with Crippen LogP contribution < -0.4 is 15.5 Å². The summed E-state index contributed by atoms with van der Waals surface area (Å²) in [5.41, 5.74) is 1.91. The molecule has 1 heterocycles. The maximum Gasteiger partial charge on any atom is 0.233 e. The first-order valence-electron chi connectivity index (χ1n) is 7.96. The van der Waals surface area contributed by atoms with Gasteiger partial charge in [0.15, 0.2) is 0 Å². The lowest BCUT2D eigenvalue weighted by molar-refractivity contribution is -0.126. The molecule has 120 valence electrons. The highest BCUT2D eigenvalue weighted by atomic mass is 16.2. The quantitative estimate of drug-likeness (QED) is 0.793. The second-order valence-corrected chi connectivity index (χ2v) is 6.16. The number of carbonyl (C=O) groups excluding carboxylic acids is 2. The van der Waals surface area contributed by atoms with Crippen LogP contribution >= 0.6 is 0 Å². The Morgan fingerprint density at radius 3 is 2.32 bits per heavy atom. The maximum absolute atomic E-state index is 11.8. The largest absolute Gasteiger partial charge is 0.372 e. The van der Waals surface area contributed by atoms with Crippen molar-refractivity contribution in [3.63, 3.8) is 0 Å². The number of benzene rings is 1. The summed E-state index contributed by atoms with van der Waals surface area (Å²) < 4.78 is 0. The Balaban J connectivity index is 1.80. The van der Waals surface area contributed by atoms with E-state index in [9.17, 15) is 9.59 Å². The van der Waals surface area contributed by atoms with Crippen molar-refractivity contribution >= 4 is 23.2 Å². The van der Waals surface area contributed by atoms with Crippen molar-refractivity contribution in [3.8, 4) is 0 Å². The molecule has 0 aromatic heterocycles. The van der Waals surface area contributed by atoms with E-state index in [-0.39, 0.29) is 18.2 Å². The van der Waals surface area contributed by atoms with E-state index < -0.39 is 0 Å². The van der Waals surface area contributed by atoms with Crippen LogP contribution in [0.15, 0.2) is 24.3 Å². The van der Waals surface area contributed by atoms with E-state index in [1.807, 2.05) is 38.1 Å². The van der Waals surface area contributed by atoms with Crippen LogP contribution in [0, 0.1) is 5.92 Å². The molecule has 1 fully saturated rings. The monoisotopic (exact) mass is 303 g/mol. The number of carbonyl (C=O) groups is 2. The van der Waals surface area contributed by atoms with Crippen molar-refractivity contribution in [2.24, 2.45) is 5.92 Å². The van der Waals surface area contributed by atoms with Gasteiger partial charge in [-0.3, -0.25) is 9.59 Å². The molecule has 1 aliphatic rings. The average Bonchev–Trinajstić information content (AvgIpc) is 3.00. The number of anilines is 2. The number of nitrogens with zero attached hydrogens (tertiary/aromatic N) is 1. The summed E-state index contributed by atoms with van der Waals surface area (Å²) in [7, 11) is 0. The van der Waals surface area contributed by atoms with Gasteiger partial charge in [0.2, 0.25) is 11.8 Å². The topological polar surface area (TPSA) is 61.4 Å². The molecule has 5 nitrogen and oxygen atoms in total. The third kappa shape index (κ3) is 5.06. The van der Waals surface area contributed by atoms with Crippen LogP contribution in [0.4, 0.5) is 11.4 Å². The van der Waals surface area contributed by atoms with Gasteiger partial charge in [-0.2, -0.15) is 0 Å². The summed E-state index contributed by atoms with van der Waals surface area (Å²) in [5, 5.41) is 5.50. The number of hydrogen-bond acceptors (Lipinski definition) is 3. The summed E-state index contributed by atoms with van der Waals surface area (Å²) in [6.45, 7) is 6.82. The molecule has 1 saturated heterocycles. The van der Waals surface area contributed by atoms with Gasteiger partial charge in [0.05, 0.1) is 0 Å². The summed E-state index contributed by atoms with van der Waals surface area (Å²) in [4.78, 5) is 25.8. The van der Waals surface area contributed by atoms with Crippen LogP contribution in [0.2, 0.25) is 0 Å². The number of amides is 2. The molecule has 2 N–H and O–H groups in total. The maximum atomic E-state index is 11.8. The molecule has 0 spiro atoms. The molecule has 0 unspecified atom stereocenters. The number of rotatable bonds is 6. The minimum absolute atomic E-state index is 0.138. The van der Waals surface area contributed by atoms with Crippen LogP contribution in [-0.2, 0) is 9.59 Å². The summed E-state index contributed by atoms with van der Waals surface area (Å²) >= 11 is 0. The van der Waals surface area contributed by atoms with E-state index in [2.05, 4.69) is 15.5 Å². The van der Waals surface area contributed by atoms with Crippen molar-refractivity contribution in [2.75, 3.05) is 29.9 Å². The molecule has 2 rings (SSSR count). The second kappa shape index (κ2) is 7.82. The molecule has 2 amide bonds. The van der Waals surface area contributed by atoms with Gasteiger partial charge >= 0.3 is 0 Å². The minimum Gasteiger partial charge on any atom is -0.372 e.